The second kappa shape index (κ2) is 6.29. The van der Waals surface area contributed by atoms with Gasteiger partial charge in [-0.15, -0.1) is 0 Å². The van der Waals surface area contributed by atoms with E-state index in [2.05, 4.69) is 21.2 Å². The average Bonchev–Trinajstić information content (AvgIpc) is 2.98. The number of carbonyl (C=O) groups is 1. The first kappa shape index (κ1) is 16.3. The summed E-state index contributed by atoms with van der Waals surface area (Å²) in [5.41, 5.74) is 7.44. The molecule has 6 heteroatoms. The fourth-order valence-electron chi connectivity index (χ4n) is 3.36. The standard InChI is InChI=1S/C20H20N4O2/c1-12-10-18(25)22-23-19(12)14-6-9-17-16(11-14)21-20(24(17)2)13-4-7-15(26-3)8-5-13/h4-9,11-12H,10H2,1-3H3,(H,22,25). The third kappa shape index (κ3) is 2.73. The Morgan fingerprint density at radius 2 is 1.88 bits per heavy atom. The lowest BCUT2D eigenvalue weighted by molar-refractivity contribution is -0.121. The lowest BCUT2D eigenvalue weighted by atomic mass is 9.94. The number of aryl methyl sites for hydroxylation is 1. The average molecular weight is 348 g/mol. The van der Waals surface area contributed by atoms with Crippen molar-refractivity contribution in [2.45, 2.75) is 13.3 Å². The van der Waals surface area contributed by atoms with Crippen LogP contribution < -0.4 is 10.2 Å². The highest BCUT2D eigenvalue weighted by atomic mass is 16.5. The molecule has 1 aromatic heterocycles. The molecule has 4 rings (SSSR count). The predicted octanol–water partition coefficient (Wildman–Crippen LogP) is 3.11. The predicted molar refractivity (Wildman–Crippen MR) is 101 cm³/mol. The van der Waals surface area contributed by atoms with Gasteiger partial charge in [0.25, 0.3) is 0 Å². The third-order valence-corrected chi connectivity index (χ3v) is 4.78. The molecule has 132 valence electrons. The number of fused-ring (bicyclic) bond motifs is 1. The van der Waals surface area contributed by atoms with Gasteiger partial charge in [-0.2, -0.15) is 5.10 Å². The van der Waals surface area contributed by atoms with Crippen molar-refractivity contribution in [2.24, 2.45) is 18.1 Å². The highest BCUT2D eigenvalue weighted by Gasteiger charge is 2.22. The fraction of sp³-hybridized carbons (Fsp3) is 0.250. The minimum Gasteiger partial charge on any atom is -0.497 e. The topological polar surface area (TPSA) is 68.5 Å². The first-order valence-electron chi connectivity index (χ1n) is 8.54. The lowest BCUT2D eigenvalue weighted by Crippen LogP contribution is -2.31. The highest BCUT2D eigenvalue weighted by molar-refractivity contribution is 6.07. The van der Waals surface area contributed by atoms with E-state index in [-0.39, 0.29) is 11.8 Å². The van der Waals surface area contributed by atoms with Gasteiger partial charge in [0.1, 0.15) is 11.6 Å². The van der Waals surface area contributed by atoms with Gasteiger partial charge in [-0.05, 0) is 36.4 Å². The minimum absolute atomic E-state index is 0.0399. The zero-order valence-electron chi connectivity index (χ0n) is 15.0. The Morgan fingerprint density at radius 3 is 2.58 bits per heavy atom. The summed E-state index contributed by atoms with van der Waals surface area (Å²) in [6.07, 6.45) is 0.455. The summed E-state index contributed by atoms with van der Waals surface area (Å²) in [6, 6.07) is 14.0. The number of rotatable bonds is 3. The number of hydrogen-bond acceptors (Lipinski definition) is 4. The smallest absolute Gasteiger partial charge is 0.240 e. The molecule has 1 amide bonds. The van der Waals surface area contributed by atoms with Gasteiger partial charge < -0.3 is 9.30 Å². The molecule has 0 saturated heterocycles. The number of amides is 1. The number of nitrogens with zero attached hydrogens (tertiary/aromatic N) is 3. The van der Waals surface area contributed by atoms with Gasteiger partial charge in [0.2, 0.25) is 5.91 Å². The number of ether oxygens (including phenoxy) is 1. The van der Waals surface area contributed by atoms with Crippen LogP contribution in [0.25, 0.3) is 22.4 Å². The molecule has 0 fully saturated rings. The number of aromatic nitrogens is 2. The van der Waals surface area contributed by atoms with Crippen LogP contribution >= 0.6 is 0 Å². The van der Waals surface area contributed by atoms with E-state index < -0.39 is 0 Å². The van der Waals surface area contributed by atoms with Crippen LogP contribution in [0.4, 0.5) is 0 Å². The molecule has 1 unspecified atom stereocenters. The van der Waals surface area contributed by atoms with Crippen LogP contribution in [0.5, 0.6) is 5.75 Å². The van der Waals surface area contributed by atoms with Crippen molar-refractivity contribution in [1.82, 2.24) is 15.0 Å². The van der Waals surface area contributed by atoms with Crippen LogP contribution in [0.15, 0.2) is 47.6 Å². The van der Waals surface area contributed by atoms with Crippen LogP contribution in [0.3, 0.4) is 0 Å². The Labute approximate surface area is 151 Å². The molecule has 1 atom stereocenters. The molecule has 6 nitrogen and oxygen atoms in total. The number of hydrogen-bond donors (Lipinski definition) is 1. The fourth-order valence-corrected chi connectivity index (χ4v) is 3.36. The van der Waals surface area contributed by atoms with E-state index >= 15 is 0 Å². The number of hydrazone groups is 1. The lowest BCUT2D eigenvalue weighted by Gasteiger charge is -2.19. The second-order valence-electron chi connectivity index (χ2n) is 6.56. The Kier molecular flexibility index (Phi) is 3.95. The Balaban J connectivity index is 1.76. The number of benzene rings is 2. The molecule has 2 heterocycles. The Morgan fingerprint density at radius 1 is 1.15 bits per heavy atom. The molecule has 1 aliphatic rings. The zero-order valence-corrected chi connectivity index (χ0v) is 15.0. The molecule has 1 aliphatic heterocycles. The normalized spacial score (nSPS) is 17.1. The van der Waals surface area contributed by atoms with Gasteiger partial charge >= 0.3 is 0 Å². The van der Waals surface area contributed by atoms with Crippen LogP contribution in [0.1, 0.15) is 18.9 Å². The summed E-state index contributed by atoms with van der Waals surface area (Å²) in [5, 5.41) is 4.24. The number of carbonyl (C=O) groups excluding carboxylic acids is 1. The van der Waals surface area contributed by atoms with E-state index in [0.717, 1.165) is 39.4 Å². The zero-order chi connectivity index (χ0) is 18.3. The Hall–Kier alpha value is -3.15. The van der Waals surface area contributed by atoms with Gasteiger partial charge in [-0.1, -0.05) is 13.0 Å². The monoisotopic (exact) mass is 348 g/mol. The summed E-state index contributed by atoms with van der Waals surface area (Å²) in [6.45, 7) is 2.02. The first-order valence-corrected chi connectivity index (χ1v) is 8.54. The third-order valence-electron chi connectivity index (χ3n) is 4.78. The van der Waals surface area contributed by atoms with E-state index in [1.54, 1.807) is 7.11 Å². The van der Waals surface area contributed by atoms with Crippen LogP contribution in [-0.4, -0.2) is 28.3 Å². The molecular weight excluding hydrogens is 328 g/mol. The minimum atomic E-state index is -0.0399. The quantitative estimate of drug-likeness (QED) is 0.791. The van der Waals surface area contributed by atoms with E-state index in [4.69, 9.17) is 9.72 Å². The number of imidazole rings is 1. The maximum absolute atomic E-state index is 11.5. The van der Waals surface area contributed by atoms with Crippen molar-refractivity contribution in [1.29, 1.82) is 0 Å². The SMILES string of the molecule is COc1ccc(-c2nc3cc(C4=NNC(=O)CC4C)ccc3n2C)cc1. The molecule has 0 spiro atoms. The molecule has 0 aliphatic carbocycles. The van der Waals surface area contributed by atoms with Crippen molar-refractivity contribution in [3.63, 3.8) is 0 Å². The maximum atomic E-state index is 11.5. The van der Waals surface area contributed by atoms with Gasteiger partial charge in [0.05, 0.1) is 23.9 Å². The molecule has 1 N–H and O–H groups in total. The van der Waals surface area contributed by atoms with E-state index in [1.165, 1.54) is 0 Å². The molecule has 0 radical (unpaired) electrons. The van der Waals surface area contributed by atoms with Crippen molar-refractivity contribution < 1.29 is 9.53 Å². The van der Waals surface area contributed by atoms with Crippen molar-refractivity contribution in [3.05, 3.63) is 48.0 Å². The summed E-state index contributed by atoms with van der Waals surface area (Å²) < 4.78 is 7.30. The maximum Gasteiger partial charge on any atom is 0.240 e. The molecule has 3 aromatic rings. The Bertz CT molecular complexity index is 1020. The van der Waals surface area contributed by atoms with Crippen LogP contribution in [0, 0.1) is 5.92 Å². The molecule has 0 saturated carbocycles. The first-order chi connectivity index (χ1) is 12.6. The van der Waals surface area contributed by atoms with E-state index in [9.17, 15) is 4.79 Å². The van der Waals surface area contributed by atoms with Gasteiger partial charge in [0.15, 0.2) is 0 Å². The summed E-state index contributed by atoms with van der Waals surface area (Å²) >= 11 is 0. The molecule has 2 aromatic carbocycles. The van der Waals surface area contributed by atoms with Crippen LogP contribution in [-0.2, 0) is 11.8 Å². The molecular formula is C20H20N4O2. The summed E-state index contributed by atoms with van der Waals surface area (Å²) in [7, 11) is 3.67. The van der Waals surface area contributed by atoms with Gasteiger partial charge in [0, 0.05) is 30.5 Å². The van der Waals surface area contributed by atoms with Crippen molar-refractivity contribution in [2.75, 3.05) is 7.11 Å². The molecule has 0 bridgehead atoms. The van der Waals surface area contributed by atoms with Crippen molar-refractivity contribution in [3.8, 4) is 17.1 Å². The van der Waals surface area contributed by atoms with Gasteiger partial charge in [-0.3, -0.25) is 4.79 Å². The highest BCUT2D eigenvalue weighted by Crippen LogP contribution is 2.27. The number of methoxy groups -OCH3 is 1. The summed E-state index contributed by atoms with van der Waals surface area (Å²) in [5.74, 6) is 1.76. The van der Waals surface area contributed by atoms with Gasteiger partial charge in [-0.25, -0.2) is 10.4 Å². The molecule has 26 heavy (non-hydrogen) atoms. The van der Waals surface area contributed by atoms with E-state index in [0.29, 0.717) is 6.42 Å². The van der Waals surface area contributed by atoms with Crippen LogP contribution in [0.2, 0.25) is 0 Å². The largest absolute Gasteiger partial charge is 0.497 e. The van der Waals surface area contributed by atoms with Crippen molar-refractivity contribution >= 4 is 22.7 Å². The number of nitrogens with one attached hydrogen (secondary N) is 1. The second-order valence-corrected chi connectivity index (χ2v) is 6.56. The van der Waals surface area contributed by atoms with E-state index in [1.807, 2.05) is 50.4 Å². The summed E-state index contributed by atoms with van der Waals surface area (Å²) in [4.78, 5) is 16.3.